The maximum Gasteiger partial charge on any atom is 0.427 e. The fourth-order valence-corrected chi connectivity index (χ4v) is 4.13. The van der Waals surface area contributed by atoms with Crippen molar-refractivity contribution >= 4 is 11.3 Å². The first-order valence-corrected chi connectivity index (χ1v) is 8.86. The van der Waals surface area contributed by atoms with Gasteiger partial charge in [-0.2, -0.15) is 13.2 Å². The molecule has 2 unspecified atom stereocenters. The van der Waals surface area contributed by atoms with E-state index in [2.05, 4.69) is 5.32 Å². The van der Waals surface area contributed by atoms with Crippen LogP contribution in [0.3, 0.4) is 0 Å². The average molecular weight is 387 g/mol. The van der Waals surface area contributed by atoms with Crippen LogP contribution in [0.4, 0.5) is 22.0 Å². The number of hydrogen-bond donors (Lipinski definition) is 2. The molecule has 0 spiro atoms. The molecule has 2 atom stereocenters. The molecule has 2 rings (SSSR count). The minimum atomic E-state index is -5.52. The molecule has 0 aromatic carbocycles. The molecule has 0 amide bonds. The van der Waals surface area contributed by atoms with Gasteiger partial charge in [-0.25, -0.2) is 8.78 Å². The zero-order valence-electron chi connectivity index (χ0n) is 14.2. The number of aliphatic hydroxyl groups is 1. The lowest BCUT2D eigenvalue weighted by Gasteiger charge is -2.36. The van der Waals surface area contributed by atoms with Crippen molar-refractivity contribution in [3.8, 4) is 0 Å². The van der Waals surface area contributed by atoms with Crippen molar-refractivity contribution in [1.82, 2.24) is 5.32 Å². The van der Waals surface area contributed by atoms with Crippen LogP contribution in [-0.2, 0) is 16.1 Å². The van der Waals surface area contributed by atoms with E-state index >= 15 is 0 Å². The van der Waals surface area contributed by atoms with E-state index in [1.165, 1.54) is 5.38 Å². The first-order chi connectivity index (χ1) is 11.4. The van der Waals surface area contributed by atoms with Gasteiger partial charge in [0.05, 0.1) is 11.5 Å². The lowest BCUT2D eigenvalue weighted by Crippen LogP contribution is -2.52. The van der Waals surface area contributed by atoms with E-state index in [1.807, 2.05) is 20.8 Å². The summed E-state index contributed by atoms with van der Waals surface area (Å²) in [6.07, 6.45) is -7.83. The molecule has 1 saturated heterocycles. The van der Waals surface area contributed by atoms with Crippen LogP contribution in [0.15, 0.2) is 11.4 Å². The van der Waals surface area contributed by atoms with Crippen molar-refractivity contribution in [2.45, 2.75) is 69.5 Å². The van der Waals surface area contributed by atoms with Gasteiger partial charge in [0, 0.05) is 11.1 Å². The van der Waals surface area contributed by atoms with Crippen LogP contribution in [0.2, 0.25) is 0 Å². The molecule has 1 aliphatic rings. The van der Waals surface area contributed by atoms with Gasteiger partial charge in [0.2, 0.25) is 5.60 Å². The van der Waals surface area contributed by atoms with E-state index in [9.17, 15) is 27.1 Å². The predicted molar refractivity (Wildman–Crippen MR) is 84.6 cm³/mol. The fraction of sp³-hybridized carbons (Fsp3) is 0.750. The van der Waals surface area contributed by atoms with Gasteiger partial charge in [-0.15, -0.1) is 11.3 Å². The summed E-state index contributed by atoms with van der Waals surface area (Å²) in [6, 6.07) is 0.906. The highest BCUT2D eigenvalue weighted by Gasteiger charge is 2.64. The fourth-order valence-electron chi connectivity index (χ4n) is 3.03. The Labute approximate surface area is 147 Å². The molecule has 0 radical (unpaired) electrons. The topological polar surface area (TPSA) is 41.5 Å². The number of rotatable bonds is 6. The molecule has 1 fully saturated rings. The van der Waals surface area contributed by atoms with Gasteiger partial charge in [-0.3, -0.25) is 5.32 Å². The van der Waals surface area contributed by atoms with Crippen LogP contribution in [0.25, 0.3) is 0 Å². The predicted octanol–water partition coefficient (Wildman–Crippen LogP) is 4.50. The Hall–Kier alpha value is -0.770. The second-order valence-electron chi connectivity index (χ2n) is 6.96. The molecule has 3 nitrogen and oxygen atoms in total. The molecule has 0 aliphatic carbocycles. The van der Waals surface area contributed by atoms with Crippen LogP contribution < -0.4 is 5.32 Å². The first kappa shape index (κ1) is 20.5. The third kappa shape index (κ3) is 3.56. The van der Waals surface area contributed by atoms with E-state index < -0.39 is 35.0 Å². The van der Waals surface area contributed by atoms with Crippen molar-refractivity contribution < 1.29 is 31.8 Å². The van der Waals surface area contributed by atoms with Crippen molar-refractivity contribution in [3.63, 3.8) is 0 Å². The first-order valence-electron chi connectivity index (χ1n) is 7.98. The van der Waals surface area contributed by atoms with E-state index in [0.29, 0.717) is 12.8 Å². The van der Waals surface area contributed by atoms with Crippen molar-refractivity contribution in [1.29, 1.82) is 0 Å². The summed E-state index contributed by atoms with van der Waals surface area (Å²) in [5.74, 6) is 0. The maximum atomic E-state index is 13.3. The molecule has 1 aromatic heterocycles. The van der Waals surface area contributed by atoms with E-state index in [1.54, 1.807) is 0 Å². The molecule has 2 heterocycles. The van der Waals surface area contributed by atoms with Crippen LogP contribution >= 0.6 is 11.3 Å². The summed E-state index contributed by atoms with van der Waals surface area (Å²) in [5.41, 5.74) is -6.94. The van der Waals surface area contributed by atoms with Gasteiger partial charge in [-0.05, 0) is 38.1 Å². The summed E-state index contributed by atoms with van der Waals surface area (Å²) in [7, 11) is 0. The number of nitrogens with one attached hydrogen (secondary N) is 1. The summed E-state index contributed by atoms with van der Waals surface area (Å²) in [4.78, 5) is -0.0494. The second-order valence-corrected chi connectivity index (χ2v) is 7.87. The smallest absolute Gasteiger partial charge is 0.372 e. The highest BCUT2D eigenvalue weighted by molar-refractivity contribution is 7.10. The SMILES string of the molecule is CCCCC1(c2sccc2C(O)(C(F)F)C(F)(F)F)NC(C)(C)CO1. The van der Waals surface area contributed by atoms with Crippen LogP contribution in [0.1, 0.15) is 50.5 Å². The highest BCUT2D eigenvalue weighted by Crippen LogP contribution is 2.50. The normalized spacial score (nSPS) is 26.2. The standard InChI is InChI=1S/C16H22F5NO2S/c1-4-5-7-14(22-13(2,3)9-24-14)11-10(6-8-25-11)15(23,12(17)18)16(19,20)21/h6,8,12,22-23H,4-5,7,9H2,1-3H3. The molecule has 0 bridgehead atoms. The van der Waals surface area contributed by atoms with Crippen molar-refractivity contribution in [3.05, 3.63) is 21.9 Å². The Morgan fingerprint density at radius 1 is 1.36 bits per heavy atom. The minimum absolute atomic E-state index is 0.0494. The van der Waals surface area contributed by atoms with Crippen molar-refractivity contribution in [2.75, 3.05) is 6.61 Å². The molecule has 2 N–H and O–H groups in total. The van der Waals surface area contributed by atoms with Crippen LogP contribution in [0, 0.1) is 0 Å². The molecule has 0 saturated carbocycles. The lowest BCUT2D eigenvalue weighted by atomic mass is 9.89. The maximum absolute atomic E-state index is 13.3. The summed E-state index contributed by atoms with van der Waals surface area (Å²) in [5, 5.41) is 14.4. The second kappa shape index (κ2) is 6.75. The molecule has 25 heavy (non-hydrogen) atoms. The molecule has 1 aromatic rings. The molecular weight excluding hydrogens is 365 g/mol. The number of unbranched alkanes of at least 4 members (excludes halogenated alkanes) is 1. The summed E-state index contributed by atoms with van der Waals surface area (Å²) >= 11 is 0.876. The minimum Gasteiger partial charge on any atom is -0.372 e. The third-order valence-electron chi connectivity index (χ3n) is 4.29. The Bertz CT molecular complexity index is 604. The Morgan fingerprint density at radius 3 is 2.44 bits per heavy atom. The number of alkyl halides is 5. The lowest BCUT2D eigenvalue weighted by molar-refractivity contribution is -0.306. The number of ether oxygens (including phenoxy) is 1. The number of hydrogen-bond acceptors (Lipinski definition) is 4. The summed E-state index contributed by atoms with van der Waals surface area (Å²) in [6.45, 7) is 5.76. The third-order valence-corrected chi connectivity index (χ3v) is 5.35. The van der Waals surface area contributed by atoms with E-state index in [0.717, 1.165) is 23.8 Å². The largest absolute Gasteiger partial charge is 0.427 e. The summed E-state index contributed by atoms with van der Waals surface area (Å²) < 4.78 is 72.4. The van der Waals surface area contributed by atoms with Gasteiger partial charge in [0.25, 0.3) is 6.43 Å². The molecule has 9 heteroatoms. The van der Waals surface area contributed by atoms with Gasteiger partial charge in [0.1, 0.15) is 0 Å². The van der Waals surface area contributed by atoms with Gasteiger partial charge in [0.15, 0.2) is 5.72 Å². The van der Waals surface area contributed by atoms with Crippen LogP contribution in [-0.4, -0.2) is 29.9 Å². The molecule has 1 aliphatic heterocycles. The van der Waals surface area contributed by atoms with Gasteiger partial charge >= 0.3 is 6.18 Å². The number of thiophene rings is 1. The van der Waals surface area contributed by atoms with Crippen molar-refractivity contribution in [2.24, 2.45) is 0 Å². The Kier molecular flexibility index (Phi) is 5.55. The van der Waals surface area contributed by atoms with E-state index in [-0.39, 0.29) is 11.5 Å². The Morgan fingerprint density at radius 2 is 2.00 bits per heavy atom. The van der Waals surface area contributed by atoms with E-state index in [4.69, 9.17) is 4.74 Å². The molecular formula is C16H22F5NO2S. The van der Waals surface area contributed by atoms with Crippen LogP contribution in [0.5, 0.6) is 0 Å². The van der Waals surface area contributed by atoms with Gasteiger partial charge < -0.3 is 9.84 Å². The average Bonchev–Trinajstić information content (AvgIpc) is 3.08. The monoisotopic (exact) mass is 387 g/mol. The molecule has 144 valence electrons. The quantitative estimate of drug-likeness (QED) is 0.706. The number of halogens is 5. The van der Waals surface area contributed by atoms with Gasteiger partial charge in [-0.1, -0.05) is 13.3 Å². The zero-order chi connectivity index (χ0) is 19.1. The Balaban J connectivity index is 2.58. The zero-order valence-corrected chi connectivity index (χ0v) is 15.0. The highest BCUT2D eigenvalue weighted by atomic mass is 32.1.